The number of halogens is 4. The quantitative estimate of drug-likeness (QED) is 0.533. The fourth-order valence-corrected chi connectivity index (χ4v) is 3.06. The number of nitrogens with zero attached hydrogens (tertiary/aromatic N) is 3. The molecule has 0 radical (unpaired) electrons. The Kier molecular flexibility index (Phi) is 3.11. The highest BCUT2D eigenvalue weighted by molar-refractivity contribution is 6.35. The Hall–Kier alpha value is -2.54. The Bertz CT molecular complexity index is 1080. The molecule has 0 unspecified atom stereocenters. The predicted octanol–water partition coefficient (Wildman–Crippen LogP) is 4.86. The van der Waals surface area contributed by atoms with Crippen molar-refractivity contribution < 1.29 is 13.2 Å². The number of hydrogen-bond donors (Lipinski definition) is 1. The van der Waals surface area contributed by atoms with Crippen molar-refractivity contribution in [3.8, 4) is 11.1 Å². The van der Waals surface area contributed by atoms with Crippen molar-refractivity contribution in [3.63, 3.8) is 0 Å². The van der Waals surface area contributed by atoms with Gasteiger partial charge in [-0.25, -0.2) is 4.98 Å². The van der Waals surface area contributed by atoms with Crippen LogP contribution in [0.3, 0.4) is 0 Å². The minimum Gasteiger partial charge on any atom is -0.306 e. The van der Waals surface area contributed by atoms with Crippen LogP contribution in [0.15, 0.2) is 36.8 Å². The standard InChI is InChI=1S/C16H10ClF3N4/c1-8-2-3-24-7-12(16(18,19)20)22-15(24)13(8)9-4-10-6-21-23-14(10)11(17)5-9/h2-7H,1H3,(H,21,23). The summed E-state index contributed by atoms with van der Waals surface area (Å²) in [5.74, 6) is 0. The molecule has 24 heavy (non-hydrogen) atoms. The average Bonchev–Trinajstić information content (AvgIpc) is 3.12. The van der Waals surface area contributed by atoms with Gasteiger partial charge in [0.25, 0.3) is 0 Å². The maximum atomic E-state index is 13.0. The van der Waals surface area contributed by atoms with E-state index >= 15 is 0 Å². The normalized spacial score (nSPS) is 12.4. The highest BCUT2D eigenvalue weighted by Gasteiger charge is 2.34. The highest BCUT2D eigenvalue weighted by Crippen LogP contribution is 2.35. The molecule has 4 nitrogen and oxygen atoms in total. The van der Waals surface area contributed by atoms with Crippen LogP contribution >= 0.6 is 11.6 Å². The van der Waals surface area contributed by atoms with Gasteiger partial charge in [0, 0.05) is 23.3 Å². The summed E-state index contributed by atoms with van der Waals surface area (Å²) in [6.07, 6.45) is -0.332. The van der Waals surface area contributed by atoms with Gasteiger partial charge in [-0.1, -0.05) is 11.6 Å². The maximum Gasteiger partial charge on any atom is 0.434 e. The van der Waals surface area contributed by atoms with Crippen molar-refractivity contribution in [2.75, 3.05) is 0 Å². The molecule has 4 aromatic rings. The second kappa shape index (κ2) is 4.98. The third kappa shape index (κ3) is 2.24. The fourth-order valence-electron chi connectivity index (χ4n) is 2.80. The zero-order chi connectivity index (χ0) is 17.1. The van der Waals surface area contributed by atoms with Gasteiger partial charge in [0.05, 0.1) is 16.7 Å². The van der Waals surface area contributed by atoms with E-state index in [0.717, 1.165) is 17.1 Å². The summed E-state index contributed by atoms with van der Waals surface area (Å²) in [6.45, 7) is 1.82. The topological polar surface area (TPSA) is 46.0 Å². The first-order valence-corrected chi connectivity index (χ1v) is 7.41. The van der Waals surface area contributed by atoms with Crippen molar-refractivity contribution >= 4 is 28.2 Å². The lowest BCUT2D eigenvalue weighted by Gasteiger charge is -2.09. The predicted molar refractivity (Wildman–Crippen MR) is 85.0 cm³/mol. The number of imidazole rings is 1. The molecule has 0 fully saturated rings. The Morgan fingerprint density at radius 2 is 2.04 bits per heavy atom. The number of rotatable bonds is 1. The number of aromatic nitrogens is 4. The summed E-state index contributed by atoms with van der Waals surface area (Å²) in [5, 5.41) is 7.96. The Morgan fingerprint density at radius 3 is 2.79 bits per heavy atom. The van der Waals surface area contributed by atoms with Gasteiger partial charge < -0.3 is 4.40 Å². The number of aryl methyl sites for hydroxylation is 1. The lowest BCUT2D eigenvalue weighted by atomic mass is 10.0. The van der Waals surface area contributed by atoms with Gasteiger partial charge in [0.1, 0.15) is 5.65 Å². The molecule has 0 aliphatic carbocycles. The zero-order valence-electron chi connectivity index (χ0n) is 12.3. The molecule has 1 N–H and O–H groups in total. The van der Waals surface area contributed by atoms with Crippen molar-refractivity contribution in [3.05, 3.63) is 53.1 Å². The zero-order valence-corrected chi connectivity index (χ0v) is 13.1. The molecule has 122 valence electrons. The number of benzene rings is 1. The minimum absolute atomic E-state index is 0.237. The summed E-state index contributed by atoms with van der Waals surface area (Å²) in [6, 6.07) is 5.28. The van der Waals surface area contributed by atoms with E-state index in [2.05, 4.69) is 15.2 Å². The maximum absolute atomic E-state index is 13.0. The van der Waals surface area contributed by atoms with Crippen LogP contribution < -0.4 is 0 Å². The lowest BCUT2D eigenvalue weighted by molar-refractivity contribution is -0.140. The number of H-pyrrole nitrogens is 1. The molecular weight excluding hydrogens is 341 g/mol. The highest BCUT2D eigenvalue weighted by atomic mass is 35.5. The van der Waals surface area contributed by atoms with Gasteiger partial charge in [-0.2, -0.15) is 18.3 Å². The van der Waals surface area contributed by atoms with Gasteiger partial charge in [-0.15, -0.1) is 0 Å². The molecule has 3 aromatic heterocycles. The molecule has 0 saturated heterocycles. The number of hydrogen-bond acceptors (Lipinski definition) is 2. The van der Waals surface area contributed by atoms with E-state index in [-0.39, 0.29) is 5.65 Å². The number of fused-ring (bicyclic) bond motifs is 2. The van der Waals surface area contributed by atoms with Crippen molar-refractivity contribution in [1.29, 1.82) is 0 Å². The van der Waals surface area contributed by atoms with E-state index in [4.69, 9.17) is 11.6 Å². The first-order chi connectivity index (χ1) is 11.3. The smallest absolute Gasteiger partial charge is 0.306 e. The third-order valence-corrected chi connectivity index (χ3v) is 4.21. The van der Waals surface area contributed by atoms with Crippen LogP contribution in [0.1, 0.15) is 11.3 Å². The second-order valence-corrected chi connectivity index (χ2v) is 5.93. The van der Waals surface area contributed by atoms with E-state index < -0.39 is 11.9 Å². The fraction of sp³-hybridized carbons (Fsp3) is 0.125. The summed E-state index contributed by atoms with van der Waals surface area (Å²) in [5.41, 5.74) is 2.10. The van der Waals surface area contributed by atoms with Crippen LogP contribution in [0.25, 0.3) is 27.7 Å². The molecule has 8 heteroatoms. The summed E-state index contributed by atoms with van der Waals surface area (Å²) < 4.78 is 40.3. The second-order valence-electron chi connectivity index (χ2n) is 5.52. The van der Waals surface area contributed by atoms with E-state index in [1.54, 1.807) is 24.5 Å². The molecule has 0 saturated carbocycles. The molecule has 3 heterocycles. The summed E-state index contributed by atoms with van der Waals surface area (Å²) in [7, 11) is 0. The molecule has 0 aliphatic rings. The molecule has 0 spiro atoms. The van der Waals surface area contributed by atoms with Crippen molar-refractivity contribution in [1.82, 2.24) is 19.6 Å². The SMILES string of the molecule is Cc1ccn2cc(C(F)(F)F)nc2c1-c1cc(Cl)c2[nH]ncc2c1. The Labute approximate surface area is 138 Å². The van der Waals surface area contributed by atoms with Crippen LogP contribution in [-0.4, -0.2) is 19.6 Å². The summed E-state index contributed by atoms with van der Waals surface area (Å²) >= 11 is 6.26. The lowest BCUT2D eigenvalue weighted by Crippen LogP contribution is -2.04. The van der Waals surface area contributed by atoms with Crippen LogP contribution in [0.4, 0.5) is 13.2 Å². The van der Waals surface area contributed by atoms with E-state index in [0.29, 0.717) is 21.7 Å². The number of aromatic amines is 1. The molecule has 0 atom stereocenters. The average molecular weight is 351 g/mol. The largest absolute Gasteiger partial charge is 0.434 e. The first-order valence-electron chi connectivity index (χ1n) is 7.03. The number of pyridine rings is 1. The number of alkyl halides is 3. The van der Waals surface area contributed by atoms with Gasteiger partial charge in [0.15, 0.2) is 5.69 Å². The minimum atomic E-state index is -4.50. The van der Waals surface area contributed by atoms with Gasteiger partial charge >= 0.3 is 6.18 Å². The van der Waals surface area contributed by atoms with Gasteiger partial charge in [-0.05, 0) is 36.2 Å². The van der Waals surface area contributed by atoms with Gasteiger partial charge in [-0.3, -0.25) is 5.10 Å². The Morgan fingerprint density at radius 1 is 1.25 bits per heavy atom. The first kappa shape index (κ1) is 15.0. The molecule has 0 amide bonds. The van der Waals surface area contributed by atoms with Crippen LogP contribution in [-0.2, 0) is 6.18 Å². The van der Waals surface area contributed by atoms with Gasteiger partial charge in [0.2, 0.25) is 0 Å². The molecule has 0 bridgehead atoms. The van der Waals surface area contributed by atoms with E-state index in [1.807, 2.05) is 13.0 Å². The monoisotopic (exact) mass is 350 g/mol. The Balaban J connectivity index is 2.03. The molecular formula is C16H10ClF3N4. The molecule has 1 aromatic carbocycles. The molecule has 0 aliphatic heterocycles. The van der Waals surface area contributed by atoms with Crippen LogP contribution in [0.2, 0.25) is 5.02 Å². The van der Waals surface area contributed by atoms with E-state index in [9.17, 15) is 13.2 Å². The molecule has 4 rings (SSSR count). The van der Waals surface area contributed by atoms with E-state index in [1.165, 1.54) is 4.40 Å². The van der Waals surface area contributed by atoms with Crippen molar-refractivity contribution in [2.45, 2.75) is 13.1 Å². The number of nitrogens with one attached hydrogen (secondary N) is 1. The van der Waals surface area contributed by atoms with Crippen LogP contribution in [0.5, 0.6) is 0 Å². The summed E-state index contributed by atoms with van der Waals surface area (Å²) in [4.78, 5) is 3.79. The van der Waals surface area contributed by atoms with Crippen LogP contribution in [0, 0.1) is 6.92 Å². The van der Waals surface area contributed by atoms with Crippen molar-refractivity contribution in [2.24, 2.45) is 0 Å². The third-order valence-electron chi connectivity index (χ3n) is 3.92.